The summed E-state index contributed by atoms with van der Waals surface area (Å²) in [6.45, 7) is 3.86. The molecule has 0 aliphatic heterocycles. The molecule has 3 aromatic rings. The molecule has 0 aliphatic rings. The molecule has 3 N–H and O–H groups in total. The summed E-state index contributed by atoms with van der Waals surface area (Å²) in [5, 5.41) is 11.9. The maximum atomic E-state index is 12.3. The highest BCUT2D eigenvalue weighted by Crippen LogP contribution is 2.28. The predicted molar refractivity (Wildman–Crippen MR) is 104 cm³/mol. The first-order valence-corrected chi connectivity index (χ1v) is 9.12. The van der Waals surface area contributed by atoms with Crippen LogP contribution in [0.4, 0.5) is 5.69 Å². The molecule has 2 heterocycles. The second-order valence-corrected chi connectivity index (χ2v) is 7.04. The fraction of sp³-hybridized carbons (Fsp3) is 0.176. The number of nitrogen functional groups attached to an aromatic ring is 1. The number of carbonyl (C=O) groups is 1. The van der Waals surface area contributed by atoms with Gasteiger partial charge in [0.05, 0.1) is 16.5 Å². The van der Waals surface area contributed by atoms with Crippen molar-refractivity contribution < 1.29 is 4.79 Å². The van der Waals surface area contributed by atoms with E-state index in [0.717, 1.165) is 16.7 Å². The van der Waals surface area contributed by atoms with Gasteiger partial charge in [0.25, 0.3) is 0 Å². The number of halogens is 1. The fourth-order valence-corrected chi connectivity index (χ4v) is 3.48. The van der Waals surface area contributed by atoms with E-state index >= 15 is 0 Å². The SMILES string of the molecule is Cc1cc(C)c(NC(=O)CSc2nnc(-c3ccncc3)n2N)c(Cl)c1. The van der Waals surface area contributed by atoms with E-state index in [2.05, 4.69) is 20.5 Å². The van der Waals surface area contributed by atoms with Gasteiger partial charge in [-0.2, -0.15) is 0 Å². The van der Waals surface area contributed by atoms with Gasteiger partial charge in [0.15, 0.2) is 5.82 Å². The zero-order chi connectivity index (χ0) is 18.7. The number of amides is 1. The number of anilines is 1. The Bertz CT molecular complexity index is 921. The number of carbonyl (C=O) groups excluding carboxylic acids is 1. The second kappa shape index (κ2) is 7.76. The molecule has 9 heteroatoms. The van der Waals surface area contributed by atoms with Crippen molar-refractivity contribution in [3.8, 4) is 11.4 Å². The van der Waals surface area contributed by atoms with Crippen molar-refractivity contribution in [1.82, 2.24) is 19.9 Å². The van der Waals surface area contributed by atoms with Gasteiger partial charge in [0.2, 0.25) is 11.1 Å². The van der Waals surface area contributed by atoms with E-state index in [1.165, 1.54) is 16.4 Å². The first-order chi connectivity index (χ1) is 12.5. The molecule has 0 radical (unpaired) electrons. The number of aromatic nitrogens is 4. The third kappa shape index (κ3) is 3.97. The minimum atomic E-state index is -0.197. The molecular formula is C17H17ClN6OS. The zero-order valence-corrected chi connectivity index (χ0v) is 15.8. The molecule has 0 unspecified atom stereocenters. The minimum Gasteiger partial charge on any atom is -0.335 e. The number of aryl methyl sites for hydroxylation is 2. The van der Waals surface area contributed by atoms with Crippen molar-refractivity contribution in [1.29, 1.82) is 0 Å². The first kappa shape index (κ1) is 18.2. The van der Waals surface area contributed by atoms with Gasteiger partial charge in [-0.15, -0.1) is 10.2 Å². The Morgan fingerprint density at radius 1 is 1.27 bits per heavy atom. The summed E-state index contributed by atoms with van der Waals surface area (Å²) in [7, 11) is 0. The summed E-state index contributed by atoms with van der Waals surface area (Å²) in [5.74, 6) is 6.48. The Labute approximate surface area is 159 Å². The second-order valence-electron chi connectivity index (χ2n) is 5.69. The molecule has 26 heavy (non-hydrogen) atoms. The van der Waals surface area contributed by atoms with Gasteiger partial charge in [-0.1, -0.05) is 29.4 Å². The molecule has 0 saturated heterocycles. The number of nitrogens with one attached hydrogen (secondary N) is 1. The molecule has 0 atom stereocenters. The Morgan fingerprint density at radius 3 is 2.69 bits per heavy atom. The van der Waals surface area contributed by atoms with Crippen LogP contribution in [0.2, 0.25) is 5.02 Å². The van der Waals surface area contributed by atoms with Crippen LogP contribution in [0.5, 0.6) is 0 Å². The number of nitrogens with two attached hydrogens (primary N) is 1. The predicted octanol–water partition coefficient (Wildman–Crippen LogP) is 3.05. The van der Waals surface area contributed by atoms with Crippen LogP contribution < -0.4 is 11.2 Å². The lowest BCUT2D eigenvalue weighted by Gasteiger charge is -2.11. The average Bonchev–Trinajstić information content (AvgIpc) is 2.98. The Morgan fingerprint density at radius 2 is 2.00 bits per heavy atom. The zero-order valence-electron chi connectivity index (χ0n) is 14.2. The summed E-state index contributed by atoms with van der Waals surface area (Å²) in [5.41, 5.74) is 3.37. The Kier molecular flexibility index (Phi) is 5.43. The number of rotatable bonds is 5. The van der Waals surface area contributed by atoms with Crippen LogP contribution in [0.15, 0.2) is 41.8 Å². The van der Waals surface area contributed by atoms with Crippen LogP contribution in [0.1, 0.15) is 11.1 Å². The molecule has 0 bridgehead atoms. The fourth-order valence-electron chi connectivity index (χ4n) is 2.45. The van der Waals surface area contributed by atoms with Crippen molar-refractivity contribution in [2.24, 2.45) is 0 Å². The van der Waals surface area contributed by atoms with Gasteiger partial charge in [-0.3, -0.25) is 9.78 Å². The molecule has 0 spiro atoms. The average molecular weight is 389 g/mol. The van der Waals surface area contributed by atoms with Gasteiger partial charge in [0, 0.05) is 18.0 Å². The molecule has 1 amide bonds. The Hall–Kier alpha value is -2.58. The number of thioether (sulfide) groups is 1. The van der Waals surface area contributed by atoms with Crippen molar-refractivity contribution in [3.05, 3.63) is 52.8 Å². The van der Waals surface area contributed by atoms with Crippen LogP contribution in [-0.2, 0) is 4.79 Å². The van der Waals surface area contributed by atoms with Crippen molar-refractivity contribution >= 4 is 35.0 Å². The van der Waals surface area contributed by atoms with Crippen LogP contribution >= 0.6 is 23.4 Å². The lowest BCUT2D eigenvalue weighted by molar-refractivity contribution is -0.113. The topological polar surface area (TPSA) is 98.7 Å². The maximum Gasteiger partial charge on any atom is 0.234 e. The van der Waals surface area contributed by atoms with Crippen LogP contribution in [0.3, 0.4) is 0 Å². The van der Waals surface area contributed by atoms with Gasteiger partial charge >= 0.3 is 0 Å². The molecule has 0 saturated carbocycles. The highest BCUT2D eigenvalue weighted by atomic mass is 35.5. The smallest absolute Gasteiger partial charge is 0.234 e. The van der Waals surface area contributed by atoms with Crippen molar-refractivity contribution in [2.45, 2.75) is 19.0 Å². The normalized spacial score (nSPS) is 10.7. The molecule has 0 aliphatic carbocycles. The maximum absolute atomic E-state index is 12.3. The number of nitrogens with zero attached hydrogens (tertiary/aromatic N) is 4. The number of hydrogen-bond acceptors (Lipinski definition) is 6. The van der Waals surface area contributed by atoms with Crippen LogP contribution in [0, 0.1) is 13.8 Å². The molecule has 134 valence electrons. The van der Waals surface area contributed by atoms with E-state index < -0.39 is 0 Å². The highest BCUT2D eigenvalue weighted by molar-refractivity contribution is 7.99. The van der Waals surface area contributed by atoms with Gasteiger partial charge in [-0.25, -0.2) is 4.68 Å². The van der Waals surface area contributed by atoms with E-state index in [4.69, 9.17) is 17.4 Å². The van der Waals surface area contributed by atoms with E-state index in [0.29, 0.717) is 21.7 Å². The van der Waals surface area contributed by atoms with E-state index in [-0.39, 0.29) is 11.7 Å². The molecular weight excluding hydrogens is 372 g/mol. The van der Waals surface area contributed by atoms with Gasteiger partial charge in [-0.05, 0) is 43.2 Å². The quantitative estimate of drug-likeness (QED) is 0.514. The summed E-state index contributed by atoms with van der Waals surface area (Å²) in [6.07, 6.45) is 3.30. The van der Waals surface area contributed by atoms with E-state index in [1.54, 1.807) is 24.5 Å². The molecule has 3 rings (SSSR count). The van der Waals surface area contributed by atoms with Crippen LogP contribution in [0.25, 0.3) is 11.4 Å². The van der Waals surface area contributed by atoms with E-state index in [9.17, 15) is 4.79 Å². The standard InChI is InChI=1S/C17H17ClN6OS/c1-10-7-11(2)15(13(18)8-10)21-14(25)9-26-17-23-22-16(24(17)19)12-3-5-20-6-4-12/h3-8H,9,19H2,1-2H3,(H,21,25). The molecule has 1 aromatic carbocycles. The van der Waals surface area contributed by atoms with Gasteiger partial charge in [0.1, 0.15) is 0 Å². The van der Waals surface area contributed by atoms with Crippen molar-refractivity contribution in [2.75, 3.05) is 16.9 Å². The number of hydrogen-bond donors (Lipinski definition) is 2. The lowest BCUT2D eigenvalue weighted by atomic mass is 10.1. The minimum absolute atomic E-state index is 0.134. The summed E-state index contributed by atoms with van der Waals surface area (Å²) >= 11 is 7.42. The summed E-state index contributed by atoms with van der Waals surface area (Å²) in [4.78, 5) is 16.2. The molecule has 2 aromatic heterocycles. The highest BCUT2D eigenvalue weighted by Gasteiger charge is 2.15. The van der Waals surface area contributed by atoms with E-state index in [1.807, 2.05) is 26.0 Å². The van der Waals surface area contributed by atoms with Crippen LogP contribution in [-0.4, -0.2) is 31.5 Å². The third-order valence-electron chi connectivity index (χ3n) is 3.63. The third-order valence-corrected chi connectivity index (χ3v) is 4.87. The number of pyridine rings is 1. The summed E-state index contributed by atoms with van der Waals surface area (Å²) < 4.78 is 1.36. The number of benzene rings is 1. The Balaban J connectivity index is 1.67. The molecule has 0 fully saturated rings. The van der Waals surface area contributed by atoms with Gasteiger partial charge < -0.3 is 11.2 Å². The lowest BCUT2D eigenvalue weighted by Crippen LogP contribution is -2.17. The monoisotopic (exact) mass is 388 g/mol. The molecule has 7 nitrogen and oxygen atoms in total. The van der Waals surface area contributed by atoms with Crippen molar-refractivity contribution in [3.63, 3.8) is 0 Å². The largest absolute Gasteiger partial charge is 0.335 e. The first-order valence-electron chi connectivity index (χ1n) is 7.76. The summed E-state index contributed by atoms with van der Waals surface area (Å²) in [6, 6.07) is 7.36.